The predicted molar refractivity (Wildman–Crippen MR) is 74.6 cm³/mol. The topological polar surface area (TPSA) is 47.0 Å². The number of fused-ring (bicyclic) bond motifs is 1. The summed E-state index contributed by atoms with van der Waals surface area (Å²) in [6.07, 6.45) is 1.12. The summed E-state index contributed by atoms with van der Waals surface area (Å²) in [7, 11) is 0. The molecule has 1 aliphatic heterocycles. The van der Waals surface area contributed by atoms with E-state index in [9.17, 15) is 0 Å². The molecule has 3 rings (SSSR count). The summed E-state index contributed by atoms with van der Waals surface area (Å²) in [6, 6.07) is 10.2. The van der Waals surface area contributed by atoms with Crippen LogP contribution >= 0.6 is 0 Å². The number of benzene rings is 1. The van der Waals surface area contributed by atoms with Gasteiger partial charge < -0.3 is 10.1 Å². The van der Waals surface area contributed by atoms with Crippen molar-refractivity contribution in [3.8, 4) is 5.75 Å². The van der Waals surface area contributed by atoms with Crippen molar-refractivity contribution < 1.29 is 4.74 Å². The van der Waals surface area contributed by atoms with Gasteiger partial charge in [-0.3, -0.25) is 0 Å². The predicted octanol–water partition coefficient (Wildman–Crippen LogP) is 2.51. The lowest BCUT2D eigenvalue weighted by Gasteiger charge is -2.12. The molecule has 1 aromatic carbocycles. The molecular formula is C15H17N3O. The van der Waals surface area contributed by atoms with Crippen molar-refractivity contribution in [3.63, 3.8) is 0 Å². The van der Waals surface area contributed by atoms with Crippen molar-refractivity contribution in [2.45, 2.75) is 26.4 Å². The average molecular weight is 255 g/mol. The van der Waals surface area contributed by atoms with Gasteiger partial charge in [0.25, 0.3) is 0 Å². The van der Waals surface area contributed by atoms with E-state index in [1.165, 1.54) is 5.56 Å². The van der Waals surface area contributed by atoms with E-state index in [1.807, 2.05) is 32.0 Å². The summed E-state index contributed by atoms with van der Waals surface area (Å²) in [5.74, 6) is 2.66. The standard InChI is InChI=1S/C15H17N3O/c1-10-7-15(18-11(2)17-10)16-9-13-8-12-5-3-4-6-14(12)19-13/h3-7,13H,8-9H2,1-2H3,(H,16,17,18). The highest BCUT2D eigenvalue weighted by Gasteiger charge is 2.21. The van der Waals surface area contributed by atoms with E-state index in [-0.39, 0.29) is 6.10 Å². The second-order valence-corrected chi connectivity index (χ2v) is 4.87. The summed E-state index contributed by atoms with van der Waals surface area (Å²) in [5, 5.41) is 3.33. The molecule has 0 fully saturated rings. The minimum absolute atomic E-state index is 0.174. The van der Waals surface area contributed by atoms with Gasteiger partial charge in [0.15, 0.2) is 0 Å². The molecule has 0 bridgehead atoms. The van der Waals surface area contributed by atoms with Crippen LogP contribution in [0.2, 0.25) is 0 Å². The van der Waals surface area contributed by atoms with E-state index in [2.05, 4.69) is 27.4 Å². The Kier molecular flexibility index (Phi) is 3.07. The van der Waals surface area contributed by atoms with Gasteiger partial charge in [0.1, 0.15) is 23.5 Å². The van der Waals surface area contributed by atoms with Crippen molar-refractivity contribution in [2.75, 3.05) is 11.9 Å². The number of ether oxygens (including phenoxy) is 1. The molecule has 1 N–H and O–H groups in total. The second-order valence-electron chi connectivity index (χ2n) is 4.87. The molecular weight excluding hydrogens is 238 g/mol. The molecule has 2 aromatic rings. The lowest BCUT2D eigenvalue weighted by Crippen LogP contribution is -2.24. The molecule has 1 aliphatic rings. The molecule has 0 amide bonds. The first-order chi connectivity index (χ1) is 9.20. The molecule has 4 heteroatoms. The lowest BCUT2D eigenvalue weighted by atomic mass is 10.1. The van der Waals surface area contributed by atoms with Crippen LogP contribution in [0.25, 0.3) is 0 Å². The zero-order chi connectivity index (χ0) is 13.2. The SMILES string of the molecule is Cc1cc(NCC2Cc3ccccc3O2)nc(C)n1. The zero-order valence-electron chi connectivity index (χ0n) is 11.2. The molecule has 0 saturated heterocycles. The van der Waals surface area contributed by atoms with Crippen LogP contribution in [0.5, 0.6) is 5.75 Å². The summed E-state index contributed by atoms with van der Waals surface area (Å²) in [5.41, 5.74) is 2.26. The second kappa shape index (κ2) is 4.88. The number of hydrogen-bond donors (Lipinski definition) is 1. The Bertz CT molecular complexity index is 552. The number of anilines is 1. The number of aryl methyl sites for hydroxylation is 2. The Balaban J connectivity index is 1.62. The highest BCUT2D eigenvalue weighted by Crippen LogP contribution is 2.28. The summed E-state index contributed by atoms with van der Waals surface area (Å²) in [6.45, 7) is 4.63. The summed E-state index contributed by atoms with van der Waals surface area (Å²) < 4.78 is 5.88. The van der Waals surface area contributed by atoms with Crippen LogP contribution in [-0.4, -0.2) is 22.6 Å². The van der Waals surface area contributed by atoms with Gasteiger partial charge in [-0.25, -0.2) is 9.97 Å². The van der Waals surface area contributed by atoms with E-state index in [4.69, 9.17) is 4.74 Å². The van der Waals surface area contributed by atoms with Gasteiger partial charge in [-0.05, 0) is 25.5 Å². The van der Waals surface area contributed by atoms with Crippen molar-refractivity contribution in [3.05, 3.63) is 47.4 Å². The Morgan fingerprint density at radius 2 is 2.11 bits per heavy atom. The minimum atomic E-state index is 0.174. The quantitative estimate of drug-likeness (QED) is 0.915. The smallest absolute Gasteiger partial charge is 0.130 e. The van der Waals surface area contributed by atoms with Crippen molar-refractivity contribution in [1.29, 1.82) is 0 Å². The molecule has 0 spiro atoms. The van der Waals surface area contributed by atoms with E-state index in [0.29, 0.717) is 0 Å². The first-order valence-corrected chi connectivity index (χ1v) is 6.51. The number of nitrogens with one attached hydrogen (secondary N) is 1. The zero-order valence-corrected chi connectivity index (χ0v) is 11.2. The third-order valence-electron chi connectivity index (χ3n) is 3.19. The number of hydrogen-bond acceptors (Lipinski definition) is 4. The van der Waals surface area contributed by atoms with E-state index >= 15 is 0 Å². The van der Waals surface area contributed by atoms with Gasteiger partial charge in [0, 0.05) is 18.2 Å². The molecule has 0 aliphatic carbocycles. The van der Waals surface area contributed by atoms with Crippen molar-refractivity contribution in [2.24, 2.45) is 0 Å². The third-order valence-corrected chi connectivity index (χ3v) is 3.19. The van der Waals surface area contributed by atoms with Gasteiger partial charge in [-0.2, -0.15) is 0 Å². The van der Waals surface area contributed by atoms with Gasteiger partial charge in [0.05, 0.1) is 6.54 Å². The van der Waals surface area contributed by atoms with E-state index < -0.39 is 0 Å². The highest BCUT2D eigenvalue weighted by atomic mass is 16.5. The Hall–Kier alpha value is -2.10. The lowest BCUT2D eigenvalue weighted by molar-refractivity contribution is 0.246. The number of nitrogens with zero attached hydrogens (tertiary/aromatic N) is 2. The van der Waals surface area contributed by atoms with Crippen molar-refractivity contribution >= 4 is 5.82 Å². The number of rotatable bonds is 3. The normalized spacial score (nSPS) is 16.8. The molecule has 98 valence electrons. The fourth-order valence-corrected chi connectivity index (χ4v) is 2.39. The van der Waals surface area contributed by atoms with Crippen LogP contribution in [0.3, 0.4) is 0 Å². The fourth-order valence-electron chi connectivity index (χ4n) is 2.39. The van der Waals surface area contributed by atoms with Crippen LogP contribution in [-0.2, 0) is 6.42 Å². The summed E-state index contributed by atoms with van der Waals surface area (Å²) in [4.78, 5) is 8.63. The molecule has 19 heavy (non-hydrogen) atoms. The van der Waals surface area contributed by atoms with E-state index in [1.54, 1.807) is 0 Å². The molecule has 4 nitrogen and oxygen atoms in total. The summed E-state index contributed by atoms with van der Waals surface area (Å²) >= 11 is 0. The first-order valence-electron chi connectivity index (χ1n) is 6.51. The molecule has 0 radical (unpaired) electrons. The maximum absolute atomic E-state index is 5.88. The minimum Gasteiger partial charge on any atom is -0.488 e. The van der Waals surface area contributed by atoms with Crippen LogP contribution < -0.4 is 10.1 Å². The van der Waals surface area contributed by atoms with Crippen molar-refractivity contribution in [1.82, 2.24) is 9.97 Å². The number of aromatic nitrogens is 2. The van der Waals surface area contributed by atoms with Gasteiger partial charge in [0.2, 0.25) is 0 Å². The Morgan fingerprint density at radius 1 is 1.26 bits per heavy atom. The maximum Gasteiger partial charge on any atom is 0.130 e. The molecule has 1 unspecified atom stereocenters. The van der Waals surface area contributed by atoms with Crippen LogP contribution in [0.4, 0.5) is 5.82 Å². The Morgan fingerprint density at radius 3 is 2.89 bits per heavy atom. The molecule has 0 saturated carbocycles. The van der Waals surface area contributed by atoms with Gasteiger partial charge in [-0.1, -0.05) is 18.2 Å². The molecule has 1 atom stereocenters. The van der Waals surface area contributed by atoms with Crippen LogP contribution in [0.15, 0.2) is 30.3 Å². The molecule has 1 aromatic heterocycles. The fraction of sp³-hybridized carbons (Fsp3) is 0.333. The van der Waals surface area contributed by atoms with Crippen LogP contribution in [0, 0.1) is 13.8 Å². The maximum atomic E-state index is 5.88. The van der Waals surface area contributed by atoms with E-state index in [0.717, 1.165) is 36.1 Å². The largest absolute Gasteiger partial charge is 0.488 e. The number of para-hydroxylation sites is 1. The highest BCUT2D eigenvalue weighted by molar-refractivity contribution is 5.39. The third kappa shape index (κ3) is 2.67. The van der Waals surface area contributed by atoms with Gasteiger partial charge in [-0.15, -0.1) is 0 Å². The monoisotopic (exact) mass is 255 g/mol. The van der Waals surface area contributed by atoms with Crippen LogP contribution in [0.1, 0.15) is 17.1 Å². The molecule has 2 heterocycles. The first kappa shape index (κ1) is 12.0. The Labute approximate surface area is 112 Å². The average Bonchev–Trinajstić information content (AvgIpc) is 2.78. The van der Waals surface area contributed by atoms with Gasteiger partial charge >= 0.3 is 0 Å².